The van der Waals surface area contributed by atoms with Gasteiger partial charge >= 0.3 is 0 Å². The molecule has 4 aromatic rings. The molecular formula is C30H33NSi. The van der Waals surface area contributed by atoms with E-state index < -0.39 is 21.3 Å². The summed E-state index contributed by atoms with van der Waals surface area (Å²) >= 11 is 0. The highest BCUT2D eigenvalue weighted by Crippen LogP contribution is 2.29. The van der Waals surface area contributed by atoms with Crippen LogP contribution >= 0.6 is 0 Å². The van der Waals surface area contributed by atoms with E-state index in [9.17, 15) is 0 Å². The predicted octanol–water partition coefficient (Wildman–Crippen LogP) is 6.75. The molecule has 0 aliphatic heterocycles. The number of nitrogens with zero attached hydrogens (tertiary/aromatic N) is 1. The lowest BCUT2D eigenvalue weighted by atomic mass is 9.96. The van der Waals surface area contributed by atoms with Gasteiger partial charge in [-0.25, -0.2) is 0 Å². The summed E-state index contributed by atoms with van der Waals surface area (Å²) in [6.07, 6.45) is 0.289. The van der Waals surface area contributed by atoms with Crippen molar-refractivity contribution in [2.45, 2.75) is 40.2 Å². The molecule has 2 heteroatoms. The van der Waals surface area contributed by atoms with Crippen molar-refractivity contribution in [3.05, 3.63) is 102 Å². The molecule has 1 heterocycles. The van der Waals surface area contributed by atoms with E-state index in [1.165, 1.54) is 5.19 Å². The Morgan fingerprint density at radius 3 is 2.22 bits per heavy atom. The largest absolute Gasteiger partial charge is 0.256 e. The first kappa shape index (κ1) is 16.6. The van der Waals surface area contributed by atoms with Crippen molar-refractivity contribution in [2.75, 3.05) is 0 Å². The molecule has 0 radical (unpaired) electrons. The van der Waals surface area contributed by atoms with Crippen LogP contribution in [0.1, 0.15) is 31.8 Å². The van der Waals surface area contributed by atoms with Gasteiger partial charge in [0, 0.05) is 18.6 Å². The van der Waals surface area contributed by atoms with E-state index in [0.717, 1.165) is 16.3 Å². The van der Waals surface area contributed by atoms with Crippen LogP contribution in [0.2, 0.25) is 13.1 Å². The van der Waals surface area contributed by atoms with E-state index in [1.54, 1.807) is 12.1 Å². The minimum absolute atomic E-state index is 0.236. The third kappa shape index (κ3) is 4.61. The van der Waals surface area contributed by atoms with Crippen molar-refractivity contribution in [3.63, 3.8) is 0 Å². The van der Waals surface area contributed by atoms with E-state index in [4.69, 9.17) is 11.8 Å². The molecule has 0 N–H and O–H groups in total. The fourth-order valence-electron chi connectivity index (χ4n) is 4.11. The number of aromatic nitrogens is 1. The monoisotopic (exact) mass is 440 g/mol. The van der Waals surface area contributed by atoms with Crippen LogP contribution < -0.4 is 10.4 Å². The maximum absolute atomic E-state index is 9.04. The quantitative estimate of drug-likeness (QED) is 0.302. The lowest BCUT2D eigenvalue weighted by molar-refractivity contribution is 0.649. The first-order chi connectivity index (χ1) is 17.3. The van der Waals surface area contributed by atoms with Crippen molar-refractivity contribution in [1.29, 1.82) is 0 Å². The molecule has 0 aliphatic rings. The Hall–Kier alpha value is -2.97. The molecule has 0 bridgehead atoms. The Bertz CT molecular complexity index is 1380. The van der Waals surface area contributed by atoms with Crippen LogP contribution in [-0.4, -0.2) is 13.1 Å². The van der Waals surface area contributed by atoms with Crippen molar-refractivity contribution >= 4 is 18.4 Å². The van der Waals surface area contributed by atoms with Crippen LogP contribution in [0.3, 0.4) is 0 Å². The zero-order valence-corrected chi connectivity index (χ0v) is 20.2. The number of hydrogen-bond acceptors (Lipinski definition) is 1. The molecule has 4 rings (SSSR count). The molecule has 3 aromatic carbocycles. The van der Waals surface area contributed by atoms with Crippen molar-refractivity contribution in [3.8, 4) is 22.4 Å². The molecule has 0 atom stereocenters. The third-order valence-corrected chi connectivity index (χ3v) is 9.44. The van der Waals surface area contributed by atoms with Gasteiger partial charge in [0.1, 0.15) is 8.07 Å². The minimum atomic E-state index is -2.26. The summed E-state index contributed by atoms with van der Waals surface area (Å²) in [6, 6.07) is 27.0. The van der Waals surface area contributed by atoms with Gasteiger partial charge in [-0.05, 0) is 58.7 Å². The molecule has 0 aliphatic carbocycles. The topological polar surface area (TPSA) is 12.9 Å². The van der Waals surface area contributed by atoms with E-state index in [1.807, 2.05) is 80.7 Å². The van der Waals surface area contributed by atoms with Crippen LogP contribution in [0.4, 0.5) is 0 Å². The highest BCUT2D eigenvalue weighted by molar-refractivity contribution is 7.00. The molecule has 32 heavy (non-hydrogen) atoms. The molecule has 0 saturated heterocycles. The Labute approximate surface area is 201 Å². The summed E-state index contributed by atoms with van der Waals surface area (Å²) in [7, 11) is -2.25. The third-order valence-electron chi connectivity index (χ3n) is 5.92. The van der Waals surface area contributed by atoms with Gasteiger partial charge in [0.25, 0.3) is 0 Å². The molecule has 1 aromatic heterocycles. The first-order valence-electron chi connectivity index (χ1n) is 13.6. The number of pyridine rings is 1. The van der Waals surface area contributed by atoms with Crippen molar-refractivity contribution < 1.29 is 6.85 Å². The van der Waals surface area contributed by atoms with Gasteiger partial charge < -0.3 is 0 Å². The lowest BCUT2D eigenvalue weighted by Crippen LogP contribution is -2.54. The molecule has 1 nitrogen and oxygen atoms in total. The summed E-state index contributed by atoms with van der Waals surface area (Å²) in [5.74, 6) is -0.236. The molecule has 0 fully saturated rings. The molecule has 0 saturated carbocycles. The van der Waals surface area contributed by atoms with E-state index in [-0.39, 0.29) is 11.5 Å². The van der Waals surface area contributed by atoms with Crippen LogP contribution in [-0.2, 0) is 6.37 Å². The van der Waals surface area contributed by atoms with E-state index in [2.05, 4.69) is 25.2 Å². The van der Waals surface area contributed by atoms with Crippen LogP contribution in [0.15, 0.2) is 91.1 Å². The summed E-state index contributed by atoms with van der Waals surface area (Å²) in [5, 5.41) is 2.20. The standard InChI is InChI=1S/C30H33NSi/c1-22(2)18-26-20-29(31-21-30(26)32(4,5)27-14-10-7-11-15-27)25-17-16-23(3)28(19-25)24-12-8-6-9-13-24/h6-17,19-22H,18H2,1-5H3/i3D3,18D2. The zero-order chi connectivity index (χ0) is 27.0. The van der Waals surface area contributed by atoms with Crippen LogP contribution in [0.5, 0.6) is 0 Å². The second-order valence-electron chi connectivity index (χ2n) is 9.03. The number of aryl methyl sites for hydroxylation is 1. The maximum Gasteiger partial charge on any atom is 0.114 e. The fraction of sp³-hybridized carbons (Fsp3) is 0.233. The van der Waals surface area contributed by atoms with Gasteiger partial charge in [-0.3, -0.25) is 4.98 Å². The van der Waals surface area contributed by atoms with E-state index in [0.29, 0.717) is 16.8 Å². The Balaban J connectivity index is 1.93. The molecule has 0 amide bonds. The summed E-state index contributed by atoms with van der Waals surface area (Å²) in [6.45, 7) is 6.01. The minimum Gasteiger partial charge on any atom is -0.256 e. The van der Waals surface area contributed by atoms with Gasteiger partial charge in [-0.15, -0.1) is 0 Å². The van der Waals surface area contributed by atoms with Crippen molar-refractivity contribution in [2.24, 2.45) is 5.92 Å². The number of rotatable bonds is 6. The Morgan fingerprint density at radius 1 is 0.875 bits per heavy atom. The van der Waals surface area contributed by atoms with Crippen LogP contribution in [0, 0.1) is 12.8 Å². The average molecular weight is 441 g/mol. The first-order valence-corrected chi connectivity index (χ1v) is 14.1. The second-order valence-corrected chi connectivity index (χ2v) is 13.4. The molecule has 0 spiro atoms. The predicted molar refractivity (Wildman–Crippen MR) is 142 cm³/mol. The zero-order valence-electron chi connectivity index (χ0n) is 24.2. The molecule has 162 valence electrons. The summed E-state index contributed by atoms with van der Waals surface area (Å²) < 4.78 is 42.2. The Kier molecular flexibility index (Phi) is 4.81. The normalized spacial score (nSPS) is 14.8. The maximum atomic E-state index is 9.04. The SMILES string of the molecule is [2H]C([2H])([2H])c1ccc(-c2cc(C([2H])([2H])C(C)C)c([Si](C)(C)c3ccccc3)cn2)cc1-c1ccccc1. The van der Waals surface area contributed by atoms with Gasteiger partial charge in [0.15, 0.2) is 0 Å². The summed E-state index contributed by atoms with van der Waals surface area (Å²) in [4.78, 5) is 4.83. The highest BCUT2D eigenvalue weighted by Gasteiger charge is 2.29. The van der Waals surface area contributed by atoms with Gasteiger partial charge in [0.2, 0.25) is 0 Å². The molecule has 0 unspecified atom stereocenters. The number of hydrogen-bond donors (Lipinski definition) is 0. The van der Waals surface area contributed by atoms with Gasteiger partial charge in [-0.2, -0.15) is 0 Å². The highest BCUT2D eigenvalue weighted by atomic mass is 28.3. The smallest absolute Gasteiger partial charge is 0.114 e. The van der Waals surface area contributed by atoms with E-state index >= 15 is 0 Å². The fourth-order valence-corrected chi connectivity index (χ4v) is 6.65. The Morgan fingerprint density at radius 2 is 1.56 bits per heavy atom. The summed E-state index contributed by atoms with van der Waals surface area (Å²) in [5.41, 5.74) is 3.80. The van der Waals surface area contributed by atoms with Crippen LogP contribution in [0.25, 0.3) is 22.4 Å². The average Bonchev–Trinajstić information content (AvgIpc) is 2.88. The molecular weight excluding hydrogens is 402 g/mol. The lowest BCUT2D eigenvalue weighted by Gasteiger charge is -2.27. The number of benzene rings is 3. The second kappa shape index (κ2) is 9.26. The van der Waals surface area contributed by atoms with Crippen molar-refractivity contribution in [1.82, 2.24) is 4.98 Å². The van der Waals surface area contributed by atoms with Gasteiger partial charge in [0.05, 0.1) is 5.69 Å². The van der Waals surface area contributed by atoms with Gasteiger partial charge in [-0.1, -0.05) is 105 Å².